The summed E-state index contributed by atoms with van der Waals surface area (Å²) in [7, 11) is 1.73. The number of aliphatic hydroxyl groups is 1. The summed E-state index contributed by atoms with van der Waals surface area (Å²) >= 11 is 0. The minimum Gasteiger partial charge on any atom is -0.496 e. The van der Waals surface area contributed by atoms with E-state index in [1.165, 1.54) is 16.7 Å². The lowest BCUT2D eigenvalue weighted by molar-refractivity contribution is 0.000736. The second-order valence-electron chi connectivity index (χ2n) is 7.87. The Labute approximate surface area is 179 Å². The highest BCUT2D eigenvalue weighted by molar-refractivity contribution is 5.36. The zero-order valence-electron chi connectivity index (χ0n) is 17.5. The molecule has 0 aliphatic carbocycles. The second-order valence-corrected chi connectivity index (χ2v) is 7.87. The van der Waals surface area contributed by atoms with Crippen molar-refractivity contribution in [3.63, 3.8) is 0 Å². The third kappa shape index (κ3) is 4.57. The van der Waals surface area contributed by atoms with Gasteiger partial charge >= 0.3 is 0 Å². The zero-order valence-corrected chi connectivity index (χ0v) is 17.5. The summed E-state index contributed by atoms with van der Waals surface area (Å²) < 4.78 is 5.57. The Kier molecular flexibility index (Phi) is 6.80. The van der Waals surface area contributed by atoms with Crippen LogP contribution in [0.15, 0.2) is 84.9 Å². The number of nitrogens with zero attached hydrogens (tertiary/aromatic N) is 2. The predicted octanol–water partition coefficient (Wildman–Crippen LogP) is 3.96. The van der Waals surface area contributed by atoms with Crippen LogP contribution in [0.25, 0.3) is 0 Å². The predicted molar refractivity (Wildman–Crippen MR) is 121 cm³/mol. The number of aliphatic hydroxyl groups excluding tert-OH is 1. The summed E-state index contributed by atoms with van der Waals surface area (Å²) in [5.41, 5.74) is 3.77. The van der Waals surface area contributed by atoms with E-state index in [1.807, 2.05) is 12.1 Å². The molecule has 0 radical (unpaired) electrons. The highest BCUT2D eigenvalue weighted by atomic mass is 16.5. The molecule has 0 aromatic heterocycles. The Hall–Kier alpha value is -2.66. The van der Waals surface area contributed by atoms with E-state index in [-0.39, 0.29) is 18.7 Å². The number of hydrogen-bond donors (Lipinski definition) is 1. The molecule has 1 saturated heterocycles. The van der Waals surface area contributed by atoms with E-state index in [9.17, 15) is 5.11 Å². The van der Waals surface area contributed by atoms with Crippen molar-refractivity contribution in [3.05, 3.63) is 102 Å². The van der Waals surface area contributed by atoms with Gasteiger partial charge in [0.2, 0.25) is 0 Å². The largest absolute Gasteiger partial charge is 0.496 e. The minimum absolute atomic E-state index is 0.0727. The van der Waals surface area contributed by atoms with Crippen LogP contribution in [0.3, 0.4) is 0 Å². The molecular formula is C26H30N2O2. The van der Waals surface area contributed by atoms with Gasteiger partial charge in [0.25, 0.3) is 0 Å². The van der Waals surface area contributed by atoms with Gasteiger partial charge in [0.15, 0.2) is 0 Å². The average Bonchev–Trinajstić information content (AvgIpc) is 2.81. The molecule has 156 valence electrons. The van der Waals surface area contributed by atoms with Crippen molar-refractivity contribution >= 4 is 0 Å². The Morgan fingerprint density at radius 2 is 1.47 bits per heavy atom. The summed E-state index contributed by atoms with van der Waals surface area (Å²) in [5.74, 6) is 1.13. The van der Waals surface area contributed by atoms with E-state index in [4.69, 9.17) is 4.74 Å². The van der Waals surface area contributed by atoms with Gasteiger partial charge < -0.3 is 9.84 Å². The first-order valence-corrected chi connectivity index (χ1v) is 10.6. The normalized spacial score (nSPS) is 17.9. The van der Waals surface area contributed by atoms with Gasteiger partial charge in [-0.3, -0.25) is 9.80 Å². The first-order valence-electron chi connectivity index (χ1n) is 10.6. The van der Waals surface area contributed by atoms with Gasteiger partial charge in [-0.1, -0.05) is 78.9 Å². The van der Waals surface area contributed by atoms with E-state index in [0.29, 0.717) is 0 Å². The van der Waals surface area contributed by atoms with Crippen molar-refractivity contribution in [1.82, 2.24) is 9.80 Å². The SMILES string of the molecule is COc1ccccc1CN1CCN(CO)C(C(c2ccccc2)c2ccccc2)C1. The fourth-order valence-electron chi connectivity index (χ4n) is 4.57. The Bertz CT molecular complexity index is 877. The van der Waals surface area contributed by atoms with Crippen molar-refractivity contribution in [2.75, 3.05) is 33.5 Å². The van der Waals surface area contributed by atoms with E-state index in [0.717, 1.165) is 31.9 Å². The lowest BCUT2D eigenvalue weighted by Gasteiger charge is -2.44. The van der Waals surface area contributed by atoms with Crippen LogP contribution in [-0.2, 0) is 6.54 Å². The molecule has 0 amide bonds. The van der Waals surface area contributed by atoms with E-state index < -0.39 is 0 Å². The summed E-state index contributed by atoms with van der Waals surface area (Å²) in [5, 5.41) is 10.1. The van der Waals surface area contributed by atoms with Gasteiger partial charge in [-0.05, 0) is 17.2 Å². The minimum atomic E-state index is 0.0727. The Morgan fingerprint density at radius 1 is 0.867 bits per heavy atom. The van der Waals surface area contributed by atoms with Crippen LogP contribution < -0.4 is 4.74 Å². The molecule has 1 fully saturated rings. The smallest absolute Gasteiger partial charge is 0.123 e. The van der Waals surface area contributed by atoms with Gasteiger partial charge in [-0.15, -0.1) is 0 Å². The van der Waals surface area contributed by atoms with Crippen LogP contribution >= 0.6 is 0 Å². The van der Waals surface area contributed by atoms with Crippen molar-refractivity contribution in [3.8, 4) is 5.75 Å². The second kappa shape index (κ2) is 9.90. The highest BCUT2D eigenvalue weighted by Gasteiger charge is 2.34. The number of methoxy groups -OCH3 is 1. The fraction of sp³-hybridized carbons (Fsp3) is 0.308. The third-order valence-corrected chi connectivity index (χ3v) is 6.09. The molecule has 1 N–H and O–H groups in total. The van der Waals surface area contributed by atoms with Gasteiger partial charge in [-0.25, -0.2) is 0 Å². The van der Waals surface area contributed by atoms with Crippen LogP contribution in [0.1, 0.15) is 22.6 Å². The monoisotopic (exact) mass is 402 g/mol. The maximum atomic E-state index is 10.1. The van der Waals surface area contributed by atoms with E-state index >= 15 is 0 Å². The maximum Gasteiger partial charge on any atom is 0.123 e. The molecule has 3 aromatic carbocycles. The van der Waals surface area contributed by atoms with E-state index in [2.05, 4.69) is 82.6 Å². The van der Waals surface area contributed by atoms with Crippen LogP contribution in [0.2, 0.25) is 0 Å². The molecule has 0 spiro atoms. The van der Waals surface area contributed by atoms with Gasteiger partial charge in [-0.2, -0.15) is 0 Å². The molecule has 30 heavy (non-hydrogen) atoms. The standard InChI is InChI=1S/C26H30N2O2/c1-30-25-15-9-8-14-23(25)18-27-16-17-28(20-29)24(19-27)26(21-10-4-2-5-11-21)22-12-6-3-7-13-22/h2-15,24,26,29H,16-20H2,1H3. The molecular weight excluding hydrogens is 372 g/mol. The number of benzene rings is 3. The molecule has 0 saturated carbocycles. The topological polar surface area (TPSA) is 35.9 Å². The number of piperazine rings is 1. The molecule has 1 atom stereocenters. The van der Waals surface area contributed by atoms with Crippen LogP contribution in [0, 0.1) is 0 Å². The molecule has 4 heteroatoms. The maximum absolute atomic E-state index is 10.1. The molecule has 1 unspecified atom stereocenters. The molecule has 0 bridgehead atoms. The van der Waals surface area contributed by atoms with Crippen molar-refractivity contribution in [2.45, 2.75) is 18.5 Å². The lowest BCUT2D eigenvalue weighted by atomic mass is 9.83. The fourth-order valence-corrected chi connectivity index (χ4v) is 4.57. The zero-order chi connectivity index (χ0) is 20.8. The van der Waals surface area contributed by atoms with Gasteiger partial charge in [0.1, 0.15) is 5.75 Å². The molecule has 1 aliphatic rings. The Balaban J connectivity index is 1.64. The van der Waals surface area contributed by atoms with Gasteiger partial charge in [0, 0.05) is 43.7 Å². The molecule has 1 aliphatic heterocycles. The van der Waals surface area contributed by atoms with Crippen LogP contribution in [-0.4, -0.2) is 54.4 Å². The molecule has 1 heterocycles. The summed E-state index contributed by atoms with van der Waals surface area (Å²) in [4.78, 5) is 4.69. The number of para-hydroxylation sites is 1. The molecule has 3 aromatic rings. The van der Waals surface area contributed by atoms with Crippen molar-refractivity contribution in [1.29, 1.82) is 0 Å². The lowest BCUT2D eigenvalue weighted by Crippen LogP contribution is -2.55. The highest BCUT2D eigenvalue weighted by Crippen LogP contribution is 2.33. The summed E-state index contributed by atoms with van der Waals surface area (Å²) in [6, 6.07) is 29.7. The van der Waals surface area contributed by atoms with Crippen molar-refractivity contribution < 1.29 is 9.84 Å². The van der Waals surface area contributed by atoms with Gasteiger partial charge in [0.05, 0.1) is 13.8 Å². The molecule has 4 rings (SSSR count). The Morgan fingerprint density at radius 3 is 2.07 bits per heavy atom. The van der Waals surface area contributed by atoms with E-state index in [1.54, 1.807) is 7.11 Å². The number of rotatable bonds is 7. The third-order valence-electron chi connectivity index (χ3n) is 6.09. The summed E-state index contributed by atoms with van der Waals surface area (Å²) in [6.45, 7) is 3.56. The average molecular weight is 403 g/mol. The molecule has 4 nitrogen and oxygen atoms in total. The van der Waals surface area contributed by atoms with Crippen molar-refractivity contribution in [2.24, 2.45) is 0 Å². The quantitative estimate of drug-likeness (QED) is 0.649. The van der Waals surface area contributed by atoms with Crippen LogP contribution in [0.4, 0.5) is 0 Å². The first kappa shape index (κ1) is 20.6. The first-order chi connectivity index (χ1) is 14.8. The summed E-state index contributed by atoms with van der Waals surface area (Å²) in [6.07, 6.45) is 0. The number of ether oxygens (including phenoxy) is 1. The van der Waals surface area contributed by atoms with Crippen LogP contribution in [0.5, 0.6) is 5.75 Å². The number of hydrogen-bond acceptors (Lipinski definition) is 4.